The summed E-state index contributed by atoms with van der Waals surface area (Å²) in [6.45, 7) is 0.0824. The van der Waals surface area contributed by atoms with E-state index in [1.807, 2.05) is 0 Å². The Kier molecular flexibility index (Phi) is 4.11. The first-order valence-corrected chi connectivity index (χ1v) is 6.11. The van der Waals surface area contributed by atoms with Crippen LogP contribution in [0.3, 0.4) is 0 Å². The number of hydrogen-bond acceptors (Lipinski definition) is 2. The van der Waals surface area contributed by atoms with Crippen LogP contribution in [0.2, 0.25) is 15.3 Å². The summed E-state index contributed by atoms with van der Waals surface area (Å²) in [6, 6.07) is 4.86. The molecule has 0 bridgehead atoms. The number of anilines is 1. The minimum atomic E-state index is -0.228. The van der Waals surface area contributed by atoms with E-state index in [1.54, 1.807) is 24.4 Å². The molecule has 0 aliphatic heterocycles. The van der Waals surface area contributed by atoms with E-state index in [0.717, 1.165) is 0 Å². The maximum absolute atomic E-state index is 11.7. The van der Waals surface area contributed by atoms with Crippen molar-refractivity contribution in [1.29, 1.82) is 0 Å². The van der Waals surface area contributed by atoms with E-state index in [4.69, 9.17) is 34.8 Å². The van der Waals surface area contributed by atoms with Crippen LogP contribution in [0.1, 0.15) is 0 Å². The third-order valence-corrected chi connectivity index (χ3v) is 3.24. The van der Waals surface area contributed by atoms with Gasteiger partial charge in [0, 0.05) is 18.1 Å². The first kappa shape index (κ1) is 13.2. The average molecular weight is 305 g/mol. The molecule has 0 atom stereocenters. The van der Waals surface area contributed by atoms with Gasteiger partial charge in [-0.1, -0.05) is 23.2 Å². The SMILES string of the molecule is O=C(Cn1ccnc1Cl)Nc1ccc(Cl)c(Cl)c1. The maximum atomic E-state index is 11.7. The monoisotopic (exact) mass is 303 g/mol. The molecule has 1 aromatic heterocycles. The predicted molar refractivity (Wildman–Crippen MR) is 72.3 cm³/mol. The number of amides is 1. The fourth-order valence-corrected chi connectivity index (χ4v) is 1.83. The summed E-state index contributed by atoms with van der Waals surface area (Å²) >= 11 is 17.4. The minimum absolute atomic E-state index is 0.0824. The van der Waals surface area contributed by atoms with E-state index < -0.39 is 0 Å². The van der Waals surface area contributed by atoms with Gasteiger partial charge in [0.1, 0.15) is 6.54 Å². The molecule has 7 heteroatoms. The molecule has 0 saturated carbocycles. The summed E-state index contributed by atoms with van der Waals surface area (Å²) in [5, 5.41) is 3.77. The Balaban J connectivity index is 2.03. The highest BCUT2D eigenvalue weighted by Crippen LogP contribution is 2.24. The zero-order valence-electron chi connectivity index (χ0n) is 9.03. The summed E-state index contributed by atoms with van der Waals surface area (Å²) in [7, 11) is 0. The maximum Gasteiger partial charge on any atom is 0.244 e. The zero-order valence-corrected chi connectivity index (χ0v) is 11.3. The molecular formula is C11H8Cl3N3O. The van der Waals surface area contributed by atoms with Crippen molar-refractivity contribution >= 4 is 46.4 Å². The number of carbonyl (C=O) groups is 1. The van der Waals surface area contributed by atoms with Gasteiger partial charge in [-0.3, -0.25) is 4.79 Å². The van der Waals surface area contributed by atoms with E-state index in [9.17, 15) is 4.79 Å². The minimum Gasteiger partial charge on any atom is -0.324 e. The molecule has 0 unspecified atom stereocenters. The first-order chi connectivity index (χ1) is 8.56. The van der Waals surface area contributed by atoms with Crippen LogP contribution in [0.5, 0.6) is 0 Å². The van der Waals surface area contributed by atoms with Crippen molar-refractivity contribution in [2.75, 3.05) is 5.32 Å². The average Bonchev–Trinajstić information content (AvgIpc) is 2.70. The van der Waals surface area contributed by atoms with Crippen molar-refractivity contribution < 1.29 is 4.79 Å². The van der Waals surface area contributed by atoms with Crippen LogP contribution in [0, 0.1) is 0 Å². The number of aromatic nitrogens is 2. The zero-order chi connectivity index (χ0) is 13.1. The lowest BCUT2D eigenvalue weighted by Gasteiger charge is -2.07. The van der Waals surface area contributed by atoms with Crippen LogP contribution in [0.4, 0.5) is 5.69 Å². The summed E-state index contributed by atoms with van der Waals surface area (Å²) in [5.74, 6) is -0.228. The van der Waals surface area contributed by atoms with Crippen LogP contribution < -0.4 is 5.32 Å². The normalized spacial score (nSPS) is 10.4. The molecule has 0 saturated heterocycles. The van der Waals surface area contributed by atoms with Crippen LogP contribution in [-0.4, -0.2) is 15.5 Å². The molecule has 1 heterocycles. The number of hydrogen-bond donors (Lipinski definition) is 1. The molecule has 1 aromatic carbocycles. The molecule has 0 aliphatic rings. The number of nitrogens with zero attached hydrogens (tertiary/aromatic N) is 2. The lowest BCUT2D eigenvalue weighted by atomic mass is 10.3. The van der Waals surface area contributed by atoms with E-state index >= 15 is 0 Å². The Bertz CT molecular complexity index is 583. The Morgan fingerprint density at radius 2 is 2.06 bits per heavy atom. The van der Waals surface area contributed by atoms with Crippen molar-refractivity contribution in [3.63, 3.8) is 0 Å². The molecule has 1 amide bonds. The fraction of sp³-hybridized carbons (Fsp3) is 0.0909. The molecule has 2 rings (SSSR count). The summed E-state index contributed by atoms with van der Waals surface area (Å²) in [4.78, 5) is 15.5. The molecule has 4 nitrogen and oxygen atoms in total. The molecule has 2 aromatic rings. The highest BCUT2D eigenvalue weighted by molar-refractivity contribution is 6.42. The van der Waals surface area contributed by atoms with Gasteiger partial charge in [0.25, 0.3) is 0 Å². The molecule has 1 N–H and O–H groups in total. The fourth-order valence-electron chi connectivity index (χ4n) is 1.36. The molecule has 0 aliphatic carbocycles. The van der Waals surface area contributed by atoms with Gasteiger partial charge >= 0.3 is 0 Å². The number of benzene rings is 1. The van der Waals surface area contributed by atoms with Crippen molar-refractivity contribution in [3.8, 4) is 0 Å². The molecule has 0 spiro atoms. The Hall–Kier alpha value is -1.23. The third kappa shape index (κ3) is 3.16. The Labute approximate surface area is 118 Å². The Morgan fingerprint density at radius 1 is 1.28 bits per heavy atom. The van der Waals surface area contributed by atoms with Crippen molar-refractivity contribution in [2.24, 2.45) is 0 Å². The van der Waals surface area contributed by atoms with E-state index in [0.29, 0.717) is 15.7 Å². The number of halogens is 3. The second-order valence-corrected chi connectivity index (χ2v) is 4.65. The van der Waals surface area contributed by atoms with Crippen molar-refractivity contribution in [2.45, 2.75) is 6.54 Å². The van der Waals surface area contributed by atoms with Gasteiger partial charge in [-0.2, -0.15) is 0 Å². The van der Waals surface area contributed by atoms with Gasteiger partial charge in [-0.25, -0.2) is 4.98 Å². The lowest BCUT2D eigenvalue weighted by Crippen LogP contribution is -2.18. The smallest absolute Gasteiger partial charge is 0.244 e. The third-order valence-electron chi connectivity index (χ3n) is 2.18. The molecule has 0 radical (unpaired) electrons. The number of rotatable bonds is 3. The topological polar surface area (TPSA) is 46.9 Å². The van der Waals surface area contributed by atoms with Gasteiger partial charge in [0.05, 0.1) is 10.0 Å². The van der Waals surface area contributed by atoms with Gasteiger partial charge in [0.2, 0.25) is 11.2 Å². The van der Waals surface area contributed by atoms with Crippen molar-refractivity contribution in [3.05, 3.63) is 45.9 Å². The van der Waals surface area contributed by atoms with Crippen LogP contribution in [-0.2, 0) is 11.3 Å². The summed E-state index contributed by atoms with van der Waals surface area (Å²) in [6.07, 6.45) is 3.14. The molecule has 18 heavy (non-hydrogen) atoms. The van der Waals surface area contributed by atoms with Gasteiger partial charge in [-0.15, -0.1) is 0 Å². The Morgan fingerprint density at radius 3 is 2.67 bits per heavy atom. The highest BCUT2D eigenvalue weighted by Gasteiger charge is 2.07. The number of carbonyl (C=O) groups excluding carboxylic acids is 1. The van der Waals surface area contributed by atoms with Crippen LogP contribution in [0.25, 0.3) is 0 Å². The van der Waals surface area contributed by atoms with Gasteiger partial charge in [0.15, 0.2) is 0 Å². The largest absolute Gasteiger partial charge is 0.324 e. The standard InChI is InChI=1S/C11H8Cl3N3O/c12-8-2-1-7(5-9(8)13)16-10(18)6-17-4-3-15-11(17)14/h1-5H,6H2,(H,16,18). The van der Waals surface area contributed by atoms with E-state index in [2.05, 4.69) is 10.3 Å². The second kappa shape index (κ2) is 5.61. The first-order valence-electron chi connectivity index (χ1n) is 4.98. The van der Waals surface area contributed by atoms with Gasteiger partial charge < -0.3 is 9.88 Å². The lowest BCUT2D eigenvalue weighted by molar-refractivity contribution is -0.116. The molecule has 0 fully saturated rings. The van der Waals surface area contributed by atoms with Crippen molar-refractivity contribution in [1.82, 2.24) is 9.55 Å². The quantitative estimate of drug-likeness (QED) is 0.943. The highest BCUT2D eigenvalue weighted by atomic mass is 35.5. The molecular weight excluding hydrogens is 297 g/mol. The second-order valence-electron chi connectivity index (χ2n) is 3.50. The summed E-state index contributed by atoms with van der Waals surface area (Å²) in [5.41, 5.74) is 0.575. The van der Waals surface area contributed by atoms with Crippen LogP contribution in [0.15, 0.2) is 30.6 Å². The predicted octanol–water partition coefficient (Wildman–Crippen LogP) is 3.48. The number of nitrogens with one attached hydrogen (secondary N) is 1. The van der Waals surface area contributed by atoms with Crippen LogP contribution >= 0.6 is 34.8 Å². The molecule has 94 valence electrons. The van der Waals surface area contributed by atoms with Gasteiger partial charge in [-0.05, 0) is 29.8 Å². The van der Waals surface area contributed by atoms with E-state index in [1.165, 1.54) is 10.8 Å². The van der Waals surface area contributed by atoms with E-state index in [-0.39, 0.29) is 17.7 Å². The summed E-state index contributed by atoms with van der Waals surface area (Å²) < 4.78 is 1.52. The number of imidazole rings is 1.